The number of nitrogens with one attached hydrogen (secondary N) is 1. The number of hydrogen-bond acceptors (Lipinski definition) is 1. The van der Waals surface area contributed by atoms with Crippen LogP contribution in [0.3, 0.4) is 0 Å². The van der Waals surface area contributed by atoms with Crippen LogP contribution in [0.25, 0.3) is 10.8 Å². The number of para-hydroxylation sites is 1. The molecule has 0 radical (unpaired) electrons. The molecule has 0 unspecified atom stereocenters. The van der Waals surface area contributed by atoms with Crippen molar-refractivity contribution in [3.63, 3.8) is 0 Å². The van der Waals surface area contributed by atoms with Crippen molar-refractivity contribution in [2.75, 3.05) is 5.32 Å². The van der Waals surface area contributed by atoms with Crippen LogP contribution in [0.4, 0.5) is 5.69 Å². The van der Waals surface area contributed by atoms with Crippen molar-refractivity contribution >= 4 is 34.0 Å². The predicted molar refractivity (Wildman–Crippen MR) is 92.8 cm³/mol. The number of anilines is 1. The second-order valence-electron chi connectivity index (χ2n) is 5.36. The Morgan fingerprint density at radius 3 is 2.18 bits per heavy atom. The molecule has 0 saturated carbocycles. The lowest BCUT2D eigenvalue weighted by Crippen LogP contribution is -2.14. The van der Waals surface area contributed by atoms with Gasteiger partial charge in [0.15, 0.2) is 0 Å². The fraction of sp³-hybridized carbons (Fsp3) is 0.105. The van der Waals surface area contributed by atoms with Crippen molar-refractivity contribution in [3.8, 4) is 0 Å². The van der Waals surface area contributed by atoms with E-state index >= 15 is 0 Å². The van der Waals surface area contributed by atoms with E-state index in [9.17, 15) is 4.79 Å². The lowest BCUT2D eigenvalue weighted by Gasteiger charge is -2.13. The van der Waals surface area contributed by atoms with Gasteiger partial charge in [0.05, 0.1) is 0 Å². The zero-order valence-electron chi connectivity index (χ0n) is 12.5. The highest BCUT2D eigenvalue weighted by molar-refractivity contribution is 6.36. The standard InChI is InChI=1S/C19H16ClNO/c1-12-6-3-7-13(2)18(12)21-19(22)16-10-4-9-15-14(16)8-5-11-17(15)20/h3-11H,1-2H3,(H,21,22). The summed E-state index contributed by atoms with van der Waals surface area (Å²) < 4.78 is 0. The molecule has 1 amide bonds. The minimum absolute atomic E-state index is 0.120. The Labute approximate surface area is 134 Å². The number of carbonyl (C=O) groups excluding carboxylic acids is 1. The second kappa shape index (κ2) is 5.82. The normalized spacial score (nSPS) is 10.7. The van der Waals surface area contributed by atoms with Gasteiger partial charge >= 0.3 is 0 Å². The van der Waals surface area contributed by atoms with Gasteiger partial charge in [-0.3, -0.25) is 4.79 Å². The van der Waals surface area contributed by atoms with Crippen molar-refractivity contribution in [1.29, 1.82) is 0 Å². The van der Waals surface area contributed by atoms with Gasteiger partial charge in [-0.2, -0.15) is 0 Å². The highest BCUT2D eigenvalue weighted by Gasteiger charge is 2.13. The molecule has 0 aliphatic rings. The van der Waals surface area contributed by atoms with Gasteiger partial charge in [0, 0.05) is 21.7 Å². The molecule has 3 rings (SSSR count). The monoisotopic (exact) mass is 309 g/mol. The quantitative estimate of drug-likeness (QED) is 0.678. The number of halogens is 1. The average Bonchev–Trinajstić information content (AvgIpc) is 2.51. The maximum absolute atomic E-state index is 12.7. The van der Waals surface area contributed by atoms with Crippen molar-refractivity contribution in [2.24, 2.45) is 0 Å². The first-order valence-electron chi connectivity index (χ1n) is 7.13. The fourth-order valence-electron chi connectivity index (χ4n) is 2.66. The van der Waals surface area contributed by atoms with E-state index in [2.05, 4.69) is 5.32 Å². The summed E-state index contributed by atoms with van der Waals surface area (Å²) in [5.74, 6) is -0.120. The van der Waals surface area contributed by atoms with E-state index in [1.807, 2.05) is 68.4 Å². The Balaban J connectivity index is 2.05. The van der Waals surface area contributed by atoms with Gasteiger partial charge < -0.3 is 5.32 Å². The van der Waals surface area contributed by atoms with E-state index in [1.54, 1.807) is 0 Å². The van der Waals surface area contributed by atoms with E-state index < -0.39 is 0 Å². The molecule has 0 atom stereocenters. The number of hydrogen-bond donors (Lipinski definition) is 1. The summed E-state index contributed by atoms with van der Waals surface area (Å²) in [6, 6.07) is 17.2. The molecular formula is C19H16ClNO. The lowest BCUT2D eigenvalue weighted by atomic mass is 10.0. The summed E-state index contributed by atoms with van der Waals surface area (Å²) in [7, 11) is 0. The summed E-state index contributed by atoms with van der Waals surface area (Å²) in [4.78, 5) is 12.7. The minimum atomic E-state index is -0.120. The number of benzene rings is 3. The molecule has 3 aromatic rings. The Bertz CT molecular complexity index is 850. The van der Waals surface area contributed by atoms with Crippen LogP contribution in [-0.2, 0) is 0 Å². The van der Waals surface area contributed by atoms with Gasteiger partial charge in [-0.15, -0.1) is 0 Å². The molecule has 3 heteroatoms. The average molecular weight is 310 g/mol. The molecule has 3 aromatic carbocycles. The maximum Gasteiger partial charge on any atom is 0.256 e. The first-order chi connectivity index (χ1) is 10.6. The third-order valence-corrected chi connectivity index (χ3v) is 4.16. The van der Waals surface area contributed by atoms with Crippen molar-refractivity contribution in [3.05, 3.63) is 76.3 Å². The zero-order chi connectivity index (χ0) is 15.7. The van der Waals surface area contributed by atoms with Gasteiger partial charge in [0.1, 0.15) is 0 Å². The number of aryl methyl sites for hydroxylation is 2. The molecule has 0 aliphatic carbocycles. The molecular weight excluding hydrogens is 294 g/mol. The molecule has 22 heavy (non-hydrogen) atoms. The first kappa shape index (κ1) is 14.6. The molecule has 2 nitrogen and oxygen atoms in total. The van der Waals surface area contributed by atoms with Gasteiger partial charge in [0.25, 0.3) is 5.91 Å². The van der Waals surface area contributed by atoms with E-state index in [4.69, 9.17) is 11.6 Å². The van der Waals surface area contributed by atoms with E-state index in [0.29, 0.717) is 10.6 Å². The summed E-state index contributed by atoms with van der Waals surface area (Å²) in [5, 5.41) is 5.42. The van der Waals surface area contributed by atoms with E-state index in [-0.39, 0.29) is 5.91 Å². The van der Waals surface area contributed by atoms with Crippen molar-refractivity contribution in [2.45, 2.75) is 13.8 Å². The Morgan fingerprint density at radius 1 is 0.864 bits per heavy atom. The lowest BCUT2D eigenvalue weighted by molar-refractivity contribution is 0.102. The largest absolute Gasteiger partial charge is 0.321 e. The molecule has 0 bridgehead atoms. The van der Waals surface area contributed by atoms with Crippen LogP contribution in [0, 0.1) is 13.8 Å². The van der Waals surface area contributed by atoms with Crippen molar-refractivity contribution < 1.29 is 4.79 Å². The number of carbonyl (C=O) groups is 1. The third-order valence-electron chi connectivity index (χ3n) is 3.83. The van der Waals surface area contributed by atoms with Crippen LogP contribution in [0.15, 0.2) is 54.6 Å². The first-order valence-corrected chi connectivity index (χ1v) is 7.50. The number of fused-ring (bicyclic) bond motifs is 1. The summed E-state index contributed by atoms with van der Waals surface area (Å²) in [5.41, 5.74) is 3.59. The maximum atomic E-state index is 12.7. The molecule has 0 saturated heterocycles. The molecule has 0 fully saturated rings. The van der Waals surface area contributed by atoms with Gasteiger partial charge in [-0.1, -0.05) is 54.1 Å². The second-order valence-corrected chi connectivity index (χ2v) is 5.77. The van der Waals surface area contributed by atoms with Crippen LogP contribution in [0.2, 0.25) is 5.02 Å². The SMILES string of the molecule is Cc1cccc(C)c1NC(=O)c1cccc2c(Cl)cccc12. The van der Waals surface area contributed by atoms with E-state index in [0.717, 1.165) is 27.6 Å². The van der Waals surface area contributed by atoms with Gasteiger partial charge in [-0.05, 0) is 42.5 Å². The van der Waals surface area contributed by atoms with Crippen LogP contribution >= 0.6 is 11.6 Å². The Hall–Kier alpha value is -2.32. The van der Waals surface area contributed by atoms with Crippen LogP contribution in [-0.4, -0.2) is 5.91 Å². The molecule has 110 valence electrons. The topological polar surface area (TPSA) is 29.1 Å². The highest BCUT2D eigenvalue weighted by Crippen LogP contribution is 2.27. The van der Waals surface area contributed by atoms with Gasteiger partial charge in [-0.25, -0.2) is 0 Å². The minimum Gasteiger partial charge on any atom is -0.321 e. The van der Waals surface area contributed by atoms with E-state index in [1.165, 1.54) is 0 Å². The summed E-state index contributed by atoms with van der Waals surface area (Å²) >= 11 is 6.21. The summed E-state index contributed by atoms with van der Waals surface area (Å²) in [6.07, 6.45) is 0. The van der Waals surface area contributed by atoms with Crippen LogP contribution in [0.1, 0.15) is 21.5 Å². The Kier molecular flexibility index (Phi) is 3.86. The number of amides is 1. The summed E-state index contributed by atoms with van der Waals surface area (Å²) in [6.45, 7) is 3.98. The third kappa shape index (κ3) is 2.58. The highest BCUT2D eigenvalue weighted by atomic mass is 35.5. The smallest absolute Gasteiger partial charge is 0.256 e. The van der Waals surface area contributed by atoms with Crippen molar-refractivity contribution in [1.82, 2.24) is 0 Å². The Morgan fingerprint density at radius 2 is 1.45 bits per heavy atom. The molecule has 1 N–H and O–H groups in total. The van der Waals surface area contributed by atoms with Crippen LogP contribution in [0.5, 0.6) is 0 Å². The molecule has 0 heterocycles. The molecule has 0 aliphatic heterocycles. The fourth-order valence-corrected chi connectivity index (χ4v) is 2.90. The molecule has 0 aromatic heterocycles. The number of rotatable bonds is 2. The molecule has 0 spiro atoms. The predicted octanol–water partition coefficient (Wildman–Crippen LogP) is 5.36. The zero-order valence-corrected chi connectivity index (χ0v) is 13.2. The van der Waals surface area contributed by atoms with Gasteiger partial charge in [0.2, 0.25) is 0 Å². The van der Waals surface area contributed by atoms with Crippen LogP contribution < -0.4 is 5.32 Å².